The van der Waals surface area contributed by atoms with Crippen molar-refractivity contribution in [3.05, 3.63) is 65.6 Å². The number of rotatable bonds is 6. The first-order valence-corrected chi connectivity index (χ1v) is 8.25. The van der Waals surface area contributed by atoms with E-state index in [1.807, 2.05) is 30.3 Å². The molecule has 1 atom stereocenters. The van der Waals surface area contributed by atoms with Gasteiger partial charge in [-0.05, 0) is 12.1 Å². The summed E-state index contributed by atoms with van der Waals surface area (Å²) in [7, 11) is 5.68. The first-order chi connectivity index (χ1) is 13.1. The second-order valence-corrected chi connectivity index (χ2v) is 5.81. The van der Waals surface area contributed by atoms with Crippen LogP contribution >= 0.6 is 0 Å². The van der Waals surface area contributed by atoms with Gasteiger partial charge >= 0.3 is 5.97 Å². The molecule has 0 saturated carbocycles. The molecule has 0 saturated heterocycles. The van der Waals surface area contributed by atoms with Crippen molar-refractivity contribution in [2.45, 2.75) is 17.7 Å². The van der Waals surface area contributed by atoms with E-state index in [0.717, 1.165) is 0 Å². The molecule has 0 N–H and O–H groups in total. The number of methoxy groups -OCH3 is 4. The molecule has 1 aromatic carbocycles. The van der Waals surface area contributed by atoms with Gasteiger partial charge in [0.25, 0.3) is 5.79 Å². The Morgan fingerprint density at radius 3 is 2.07 bits per heavy atom. The van der Waals surface area contributed by atoms with Gasteiger partial charge in [0.05, 0.1) is 17.9 Å². The number of hydrogen-bond donors (Lipinski definition) is 0. The smallest absolute Gasteiger partial charge is 0.385 e. The third kappa shape index (κ3) is 2.74. The second-order valence-electron chi connectivity index (χ2n) is 5.81. The Kier molecular flexibility index (Phi) is 5.35. The molecule has 0 bridgehead atoms. The Hall–Kier alpha value is -2.63. The van der Waals surface area contributed by atoms with Crippen molar-refractivity contribution in [3.8, 4) is 6.07 Å². The summed E-state index contributed by atoms with van der Waals surface area (Å²) in [6.45, 7) is 0. The zero-order chi connectivity index (χ0) is 19.5. The molecule has 7 nitrogen and oxygen atoms in total. The Morgan fingerprint density at radius 1 is 0.926 bits per heavy atom. The monoisotopic (exact) mass is 371 g/mol. The molecule has 3 rings (SSSR count). The average molecular weight is 371 g/mol. The lowest BCUT2D eigenvalue weighted by Gasteiger charge is -2.50. The van der Waals surface area contributed by atoms with Crippen LogP contribution in [0.15, 0.2) is 58.7 Å². The van der Waals surface area contributed by atoms with Crippen LogP contribution in [-0.2, 0) is 23.7 Å². The summed E-state index contributed by atoms with van der Waals surface area (Å²) in [6, 6.07) is 14.9. The van der Waals surface area contributed by atoms with E-state index < -0.39 is 17.7 Å². The van der Waals surface area contributed by atoms with E-state index in [2.05, 4.69) is 6.07 Å². The minimum Gasteiger partial charge on any atom is -0.468 e. The molecular weight excluding hydrogens is 350 g/mol. The summed E-state index contributed by atoms with van der Waals surface area (Å²) >= 11 is 0. The molecular formula is C20H21NO6. The Morgan fingerprint density at radius 2 is 1.59 bits per heavy atom. The predicted molar refractivity (Wildman–Crippen MR) is 95.0 cm³/mol. The number of nitrogens with zero attached hydrogens (tertiary/aromatic N) is 1. The number of ether oxygens (including phenoxy) is 5. The molecule has 0 aliphatic carbocycles. The number of furan rings is 1. The van der Waals surface area contributed by atoms with E-state index in [1.165, 1.54) is 34.7 Å². The molecule has 0 fully saturated rings. The predicted octanol–water partition coefficient (Wildman–Crippen LogP) is 3.26. The summed E-state index contributed by atoms with van der Waals surface area (Å²) in [5, 5.41) is 10.0. The second kappa shape index (κ2) is 7.55. The molecule has 0 amide bonds. The van der Waals surface area contributed by atoms with Crippen molar-refractivity contribution in [3.63, 3.8) is 0 Å². The maximum Gasteiger partial charge on any atom is 0.385 e. The van der Waals surface area contributed by atoms with E-state index in [-0.39, 0.29) is 5.57 Å². The van der Waals surface area contributed by atoms with Crippen molar-refractivity contribution >= 4 is 5.76 Å². The summed E-state index contributed by atoms with van der Waals surface area (Å²) in [5.74, 6) is -3.49. The van der Waals surface area contributed by atoms with Gasteiger partial charge in [0, 0.05) is 34.0 Å². The molecule has 2 aromatic rings. The average Bonchev–Trinajstić information content (AvgIpc) is 3.26. The van der Waals surface area contributed by atoms with E-state index in [1.54, 1.807) is 12.1 Å². The maximum absolute atomic E-state index is 10.0. The van der Waals surface area contributed by atoms with Gasteiger partial charge in [-0.2, -0.15) is 5.26 Å². The molecule has 0 spiro atoms. The van der Waals surface area contributed by atoms with Gasteiger partial charge in [-0.15, -0.1) is 0 Å². The summed E-state index contributed by atoms with van der Waals surface area (Å²) in [6.07, 6.45) is 1.51. The van der Waals surface area contributed by atoms with Crippen LogP contribution < -0.4 is 0 Å². The van der Waals surface area contributed by atoms with Crippen molar-refractivity contribution in [2.24, 2.45) is 0 Å². The van der Waals surface area contributed by atoms with Gasteiger partial charge < -0.3 is 28.1 Å². The Bertz CT molecular complexity index is 829. The lowest BCUT2D eigenvalue weighted by Crippen LogP contribution is -2.65. The van der Waals surface area contributed by atoms with Gasteiger partial charge in [-0.1, -0.05) is 30.3 Å². The molecule has 0 radical (unpaired) electrons. The fraction of sp³-hybridized carbons (Fsp3) is 0.350. The highest BCUT2D eigenvalue weighted by Crippen LogP contribution is 2.53. The summed E-state index contributed by atoms with van der Waals surface area (Å²) in [5.41, 5.74) is 0.953. The van der Waals surface area contributed by atoms with Gasteiger partial charge in [0.2, 0.25) is 0 Å². The topological polar surface area (TPSA) is 83.1 Å². The van der Waals surface area contributed by atoms with E-state index in [0.29, 0.717) is 17.1 Å². The van der Waals surface area contributed by atoms with E-state index in [4.69, 9.17) is 28.1 Å². The highest BCUT2D eigenvalue weighted by atomic mass is 16.9. The fourth-order valence-electron chi connectivity index (χ4n) is 3.48. The van der Waals surface area contributed by atoms with Crippen LogP contribution in [0.5, 0.6) is 0 Å². The van der Waals surface area contributed by atoms with Crippen LogP contribution in [0.3, 0.4) is 0 Å². The molecule has 1 aromatic heterocycles. The zero-order valence-electron chi connectivity index (χ0n) is 15.6. The molecule has 142 valence electrons. The Labute approximate surface area is 157 Å². The van der Waals surface area contributed by atoms with Crippen molar-refractivity contribution < 1.29 is 28.1 Å². The highest BCUT2D eigenvalue weighted by Gasteiger charge is 2.68. The van der Waals surface area contributed by atoms with Crippen LogP contribution in [-0.4, -0.2) is 40.2 Å². The zero-order valence-corrected chi connectivity index (χ0v) is 15.6. The molecule has 27 heavy (non-hydrogen) atoms. The fourth-order valence-corrected chi connectivity index (χ4v) is 3.48. The lowest BCUT2D eigenvalue weighted by molar-refractivity contribution is -0.473. The molecule has 1 aliphatic rings. The molecule has 7 heteroatoms. The minimum atomic E-state index is -1.79. The quantitative estimate of drug-likeness (QED) is 0.721. The number of nitriles is 1. The maximum atomic E-state index is 10.0. The Balaban J connectivity index is 2.37. The van der Waals surface area contributed by atoms with Gasteiger partial charge in [-0.3, -0.25) is 0 Å². The van der Waals surface area contributed by atoms with Crippen molar-refractivity contribution in [1.29, 1.82) is 5.26 Å². The lowest BCUT2D eigenvalue weighted by atomic mass is 9.82. The third-order valence-electron chi connectivity index (χ3n) is 4.70. The molecule has 2 heterocycles. The number of hydrogen-bond acceptors (Lipinski definition) is 7. The van der Waals surface area contributed by atoms with Crippen LogP contribution in [0.1, 0.15) is 17.2 Å². The number of benzene rings is 1. The highest BCUT2D eigenvalue weighted by molar-refractivity contribution is 5.70. The van der Waals surface area contributed by atoms with Crippen LogP contribution in [0.4, 0.5) is 0 Å². The largest absolute Gasteiger partial charge is 0.468 e. The minimum absolute atomic E-state index is 0.268. The van der Waals surface area contributed by atoms with Crippen molar-refractivity contribution in [2.75, 3.05) is 28.4 Å². The van der Waals surface area contributed by atoms with E-state index >= 15 is 0 Å². The van der Waals surface area contributed by atoms with Gasteiger partial charge in [0.15, 0.2) is 0 Å². The normalized spacial score (nSPS) is 20.8. The summed E-state index contributed by atoms with van der Waals surface area (Å²) in [4.78, 5) is 0. The van der Waals surface area contributed by atoms with Crippen LogP contribution in [0.25, 0.3) is 5.76 Å². The summed E-state index contributed by atoms with van der Waals surface area (Å²) < 4.78 is 34.4. The standard InChI is InChI=1S/C20H21NO6/c1-22-19(23-2)17(16-11-8-12-26-16)15(13-21)18(14-9-6-5-7-10-14)27-20(19,24-3)25-4/h5-12,17H,1-4H3. The van der Waals surface area contributed by atoms with Crippen molar-refractivity contribution in [1.82, 2.24) is 0 Å². The first-order valence-electron chi connectivity index (χ1n) is 8.25. The molecule has 1 unspecified atom stereocenters. The SMILES string of the molecule is COC1(OC)OC(c2ccccc2)=C(C#N)C(c2ccco2)C1(OC)OC. The van der Waals surface area contributed by atoms with Gasteiger partial charge in [0.1, 0.15) is 17.4 Å². The van der Waals surface area contributed by atoms with Crippen LogP contribution in [0, 0.1) is 11.3 Å². The van der Waals surface area contributed by atoms with Crippen LogP contribution in [0.2, 0.25) is 0 Å². The van der Waals surface area contributed by atoms with E-state index in [9.17, 15) is 5.26 Å². The molecule has 1 aliphatic heterocycles. The van der Waals surface area contributed by atoms with Gasteiger partial charge in [-0.25, -0.2) is 0 Å². The first kappa shape index (κ1) is 19.1. The third-order valence-corrected chi connectivity index (χ3v) is 4.70.